The quantitative estimate of drug-likeness (QED) is 0.408. The first-order valence-corrected chi connectivity index (χ1v) is 11.3. The number of para-hydroxylation sites is 1. The van der Waals surface area contributed by atoms with E-state index < -0.39 is 0 Å². The molecule has 4 aromatic rings. The summed E-state index contributed by atoms with van der Waals surface area (Å²) in [6.07, 6.45) is 7.23. The number of benzene rings is 1. The van der Waals surface area contributed by atoms with Crippen molar-refractivity contribution in [2.24, 2.45) is 0 Å². The molecule has 0 radical (unpaired) electrons. The number of amides is 1. The van der Waals surface area contributed by atoms with Crippen LogP contribution in [0, 0.1) is 6.92 Å². The van der Waals surface area contributed by atoms with Gasteiger partial charge in [0.1, 0.15) is 12.1 Å². The lowest BCUT2D eigenvalue weighted by molar-refractivity contribution is 0.0952. The summed E-state index contributed by atoms with van der Waals surface area (Å²) in [4.78, 5) is 30.4. The Balaban J connectivity index is 0.00000274. The third kappa shape index (κ3) is 5.17. The molecule has 8 heteroatoms. The van der Waals surface area contributed by atoms with Crippen molar-refractivity contribution in [1.82, 2.24) is 25.3 Å². The van der Waals surface area contributed by atoms with E-state index in [0.717, 1.165) is 52.1 Å². The van der Waals surface area contributed by atoms with Crippen LogP contribution >= 0.6 is 13.5 Å². The van der Waals surface area contributed by atoms with Crippen LogP contribution in [0.2, 0.25) is 0 Å². The fourth-order valence-electron chi connectivity index (χ4n) is 3.88. The first-order valence-electron chi connectivity index (χ1n) is 11.3. The molecule has 34 heavy (non-hydrogen) atoms. The van der Waals surface area contributed by atoms with Crippen LogP contribution < -0.4 is 10.6 Å². The van der Waals surface area contributed by atoms with E-state index in [2.05, 4.69) is 43.6 Å². The number of rotatable bonds is 7. The average molecular weight is 473 g/mol. The highest BCUT2D eigenvalue weighted by Crippen LogP contribution is 2.28. The number of nitrogens with one attached hydrogen (secondary N) is 2. The fraction of sp³-hybridized carbons (Fsp3) is 0.269. The standard InChI is InChI=1S/C26H26N6O.H2S/c1-16(13-29-24-12-23(30-15-31-24)18-7-6-17(2)28-14-18)20-4-3-5-21-22(10-11-27-25(20)21)26(33)32-19-8-9-19;/h3-7,10-12,14-16,19H,8-9,13H2,1-2H3,(H,32,33)(H,29,30,31);1H2/t16-;/m1./s1. The monoisotopic (exact) mass is 472 g/mol. The van der Waals surface area contributed by atoms with E-state index in [4.69, 9.17) is 0 Å². The summed E-state index contributed by atoms with van der Waals surface area (Å²) in [7, 11) is 0. The minimum atomic E-state index is -0.0214. The van der Waals surface area contributed by atoms with Crippen LogP contribution in [0.5, 0.6) is 0 Å². The number of hydrogen-bond acceptors (Lipinski definition) is 6. The molecular weight excluding hydrogens is 444 g/mol. The second kappa shape index (κ2) is 10.2. The molecule has 0 spiro atoms. The van der Waals surface area contributed by atoms with Crippen molar-refractivity contribution in [3.8, 4) is 11.3 Å². The van der Waals surface area contributed by atoms with Gasteiger partial charge in [-0.15, -0.1) is 0 Å². The summed E-state index contributed by atoms with van der Waals surface area (Å²) >= 11 is 0. The third-order valence-electron chi connectivity index (χ3n) is 5.95. The largest absolute Gasteiger partial charge is 0.369 e. The summed E-state index contributed by atoms with van der Waals surface area (Å²) in [6, 6.07) is 14.1. The fourth-order valence-corrected chi connectivity index (χ4v) is 3.88. The van der Waals surface area contributed by atoms with Crippen molar-refractivity contribution in [3.05, 3.63) is 78.0 Å². The number of aryl methyl sites for hydroxylation is 1. The van der Waals surface area contributed by atoms with Crippen molar-refractivity contribution in [2.75, 3.05) is 11.9 Å². The Morgan fingerprint density at radius 1 is 1.09 bits per heavy atom. The molecule has 3 heterocycles. The molecule has 3 aromatic heterocycles. The van der Waals surface area contributed by atoms with Crippen LogP contribution in [0.1, 0.15) is 47.3 Å². The topological polar surface area (TPSA) is 92.7 Å². The highest BCUT2D eigenvalue weighted by atomic mass is 32.1. The van der Waals surface area contributed by atoms with Gasteiger partial charge in [0.15, 0.2) is 0 Å². The average Bonchev–Trinajstić information content (AvgIpc) is 3.66. The highest BCUT2D eigenvalue weighted by Gasteiger charge is 2.25. The van der Waals surface area contributed by atoms with Gasteiger partial charge in [0.25, 0.3) is 5.91 Å². The van der Waals surface area contributed by atoms with E-state index in [0.29, 0.717) is 18.2 Å². The smallest absolute Gasteiger partial charge is 0.252 e. The van der Waals surface area contributed by atoms with Crippen LogP contribution in [0.4, 0.5) is 5.82 Å². The van der Waals surface area contributed by atoms with Crippen molar-refractivity contribution in [2.45, 2.75) is 38.6 Å². The number of fused-ring (bicyclic) bond motifs is 1. The van der Waals surface area contributed by atoms with Gasteiger partial charge < -0.3 is 10.6 Å². The molecule has 0 unspecified atom stereocenters. The molecular formula is C26H28N6OS. The molecule has 1 amide bonds. The zero-order valence-corrected chi connectivity index (χ0v) is 20.2. The predicted octanol–water partition coefficient (Wildman–Crippen LogP) is 4.62. The molecule has 174 valence electrons. The van der Waals surface area contributed by atoms with Crippen LogP contribution in [-0.4, -0.2) is 38.4 Å². The first kappa shape index (κ1) is 23.6. The molecule has 0 bridgehead atoms. The predicted molar refractivity (Wildman–Crippen MR) is 140 cm³/mol. The maximum Gasteiger partial charge on any atom is 0.252 e. The number of aromatic nitrogens is 4. The van der Waals surface area contributed by atoms with E-state index in [-0.39, 0.29) is 25.3 Å². The summed E-state index contributed by atoms with van der Waals surface area (Å²) in [5.41, 5.74) is 5.39. The molecule has 0 saturated heterocycles. The molecule has 1 aliphatic rings. The lowest BCUT2D eigenvalue weighted by Gasteiger charge is -2.16. The number of anilines is 1. The van der Waals surface area contributed by atoms with Crippen molar-refractivity contribution < 1.29 is 4.79 Å². The summed E-state index contributed by atoms with van der Waals surface area (Å²) in [6.45, 7) is 4.77. The van der Waals surface area contributed by atoms with Crippen LogP contribution in [0.15, 0.2) is 61.2 Å². The highest BCUT2D eigenvalue weighted by molar-refractivity contribution is 7.59. The van der Waals surface area contributed by atoms with Gasteiger partial charge in [0.05, 0.1) is 16.8 Å². The Morgan fingerprint density at radius 3 is 2.71 bits per heavy atom. The molecule has 5 rings (SSSR count). The van der Waals surface area contributed by atoms with Gasteiger partial charge in [-0.2, -0.15) is 13.5 Å². The van der Waals surface area contributed by atoms with Crippen LogP contribution in [0.3, 0.4) is 0 Å². The van der Waals surface area contributed by atoms with E-state index in [1.807, 2.05) is 43.5 Å². The second-order valence-corrected chi connectivity index (χ2v) is 8.61. The maximum absolute atomic E-state index is 12.7. The van der Waals surface area contributed by atoms with Crippen molar-refractivity contribution in [3.63, 3.8) is 0 Å². The van der Waals surface area contributed by atoms with E-state index in [1.54, 1.807) is 18.6 Å². The zero-order valence-electron chi connectivity index (χ0n) is 19.2. The Kier molecular flexibility index (Phi) is 7.07. The number of carbonyl (C=O) groups is 1. The number of nitrogens with zero attached hydrogens (tertiary/aromatic N) is 4. The van der Waals surface area contributed by atoms with Crippen molar-refractivity contribution in [1.29, 1.82) is 0 Å². The van der Waals surface area contributed by atoms with Crippen molar-refractivity contribution >= 4 is 36.1 Å². The second-order valence-electron chi connectivity index (χ2n) is 8.61. The molecule has 2 N–H and O–H groups in total. The van der Waals surface area contributed by atoms with Crippen LogP contribution in [0.25, 0.3) is 22.2 Å². The van der Waals surface area contributed by atoms with Gasteiger partial charge in [0.2, 0.25) is 0 Å². The Labute approximate surface area is 205 Å². The first-order chi connectivity index (χ1) is 16.1. The number of pyridine rings is 2. The number of hydrogen-bond donors (Lipinski definition) is 2. The Morgan fingerprint density at radius 2 is 1.94 bits per heavy atom. The molecule has 1 aliphatic carbocycles. The van der Waals surface area contributed by atoms with Gasteiger partial charge in [-0.25, -0.2) is 9.97 Å². The maximum atomic E-state index is 12.7. The lowest BCUT2D eigenvalue weighted by atomic mass is 9.96. The minimum absolute atomic E-state index is 0. The summed E-state index contributed by atoms with van der Waals surface area (Å²) in [5.74, 6) is 0.888. The zero-order chi connectivity index (χ0) is 22.8. The number of carbonyl (C=O) groups excluding carboxylic acids is 1. The van der Waals surface area contributed by atoms with Gasteiger partial charge >= 0.3 is 0 Å². The molecule has 1 fully saturated rings. The van der Waals surface area contributed by atoms with E-state index in [9.17, 15) is 4.79 Å². The van der Waals surface area contributed by atoms with Gasteiger partial charge in [-0.05, 0) is 43.5 Å². The molecule has 7 nitrogen and oxygen atoms in total. The SMILES string of the molecule is Cc1ccc(-c2cc(NC[C@@H](C)c3cccc4c(C(=O)NC5CC5)ccnc34)ncn2)cn1.S. The molecule has 1 atom stereocenters. The molecule has 1 aromatic carbocycles. The van der Waals surface area contributed by atoms with Crippen LogP contribution in [-0.2, 0) is 0 Å². The minimum Gasteiger partial charge on any atom is -0.369 e. The lowest BCUT2D eigenvalue weighted by Crippen LogP contribution is -2.25. The Bertz CT molecular complexity index is 1310. The van der Waals surface area contributed by atoms with E-state index >= 15 is 0 Å². The normalized spacial score (nSPS) is 13.7. The third-order valence-corrected chi connectivity index (χ3v) is 5.95. The van der Waals surface area contributed by atoms with Gasteiger partial charge in [-0.1, -0.05) is 25.1 Å². The molecule has 0 aliphatic heterocycles. The summed E-state index contributed by atoms with van der Waals surface area (Å²) < 4.78 is 0. The Hall–Kier alpha value is -3.52. The van der Waals surface area contributed by atoms with E-state index in [1.165, 1.54) is 0 Å². The summed E-state index contributed by atoms with van der Waals surface area (Å²) in [5, 5.41) is 7.39. The molecule has 1 saturated carbocycles. The van der Waals surface area contributed by atoms with Gasteiger partial charge in [0, 0.05) is 53.6 Å². The van der Waals surface area contributed by atoms with Gasteiger partial charge in [-0.3, -0.25) is 14.8 Å².